The first kappa shape index (κ1) is 16.1. The van der Waals surface area contributed by atoms with E-state index < -0.39 is 0 Å². The second-order valence-electron chi connectivity index (χ2n) is 5.10. The minimum atomic E-state index is 0.0779. The standard InChI is InChI=1S/C15H27N3O/c1-5-13(16)15(14-8-6-7-9-17-14)18(12(2)3)10-11-19-4/h6-9,12-13,15H,5,10-11,16H2,1-4H3. The summed E-state index contributed by atoms with van der Waals surface area (Å²) in [4.78, 5) is 6.87. The first-order valence-corrected chi connectivity index (χ1v) is 7.03. The summed E-state index contributed by atoms with van der Waals surface area (Å²) in [6.07, 6.45) is 2.76. The summed E-state index contributed by atoms with van der Waals surface area (Å²) < 4.78 is 5.22. The average molecular weight is 265 g/mol. The molecule has 2 N–H and O–H groups in total. The van der Waals surface area contributed by atoms with Crippen molar-refractivity contribution >= 4 is 0 Å². The molecule has 0 aliphatic carbocycles. The molecule has 19 heavy (non-hydrogen) atoms. The molecule has 108 valence electrons. The van der Waals surface area contributed by atoms with E-state index >= 15 is 0 Å². The summed E-state index contributed by atoms with van der Waals surface area (Å²) in [5.41, 5.74) is 7.38. The number of pyridine rings is 1. The zero-order valence-electron chi connectivity index (χ0n) is 12.5. The fourth-order valence-electron chi connectivity index (χ4n) is 2.32. The molecule has 4 nitrogen and oxygen atoms in total. The summed E-state index contributed by atoms with van der Waals surface area (Å²) in [7, 11) is 1.73. The fourth-order valence-corrected chi connectivity index (χ4v) is 2.32. The van der Waals surface area contributed by atoms with Crippen LogP contribution in [0.4, 0.5) is 0 Å². The SMILES string of the molecule is CCC(N)C(c1ccccn1)N(CCOC)C(C)C. The number of ether oxygens (including phenoxy) is 1. The molecule has 2 unspecified atom stereocenters. The lowest BCUT2D eigenvalue weighted by Crippen LogP contribution is -2.46. The van der Waals surface area contributed by atoms with Crippen LogP contribution in [0.25, 0.3) is 0 Å². The Kier molecular flexibility index (Phi) is 6.99. The van der Waals surface area contributed by atoms with Crippen LogP contribution >= 0.6 is 0 Å². The van der Waals surface area contributed by atoms with Gasteiger partial charge in [0, 0.05) is 31.9 Å². The molecule has 0 amide bonds. The molecular formula is C15H27N3O. The molecule has 1 aromatic heterocycles. The highest BCUT2D eigenvalue weighted by Gasteiger charge is 2.28. The van der Waals surface area contributed by atoms with Gasteiger partial charge in [-0.1, -0.05) is 13.0 Å². The van der Waals surface area contributed by atoms with Crippen LogP contribution in [0.3, 0.4) is 0 Å². The molecule has 0 spiro atoms. The lowest BCUT2D eigenvalue weighted by atomic mass is 9.99. The number of hydrogen-bond donors (Lipinski definition) is 1. The van der Waals surface area contributed by atoms with Crippen LogP contribution in [0.2, 0.25) is 0 Å². The minimum Gasteiger partial charge on any atom is -0.383 e. The minimum absolute atomic E-state index is 0.0779. The molecule has 1 rings (SSSR count). The number of aromatic nitrogens is 1. The van der Waals surface area contributed by atoms with Gasteiger partial charge in [-0.2, -0.15) is 0 Å². The van der Waals surface area contributed by atoms with Crippen LogP contribution in [0.5, 0.6) is 0 Å². The molecule has 2 atom stereocenters. The molecule has 0 aliphatic heterocycles. The van der Waals surface area contributed by atoms with Crippen molar-refractivity contribution in [3.05, 3.63) is 30.1 Å². The quantitative estimate of drug-likeness (QED) is 0.783. The topological polar surface area (TPSA) is 51.4 Å². The zero-order valence-corrected chi connectivity index (χ0v) is 12.5. The Morgan fingerprint density at radius 1 is 1.37 bits per heavy atom. The number of nitrogens with two attached hydrogens (primary N) is 1. The zero-order chi connectivity index (χ0) is 14.3. The molecule has 0 saturated carbocycles. The van der Waals surface area contributed by atoms with Crippen molar-refractivity contribution in [2.45, 2.75) is 45.3 Å². The van der Waals surface area contributed by atoms with Crippen molar-refractivity contribution < 1.29 is 4.74 Å². The van der Waals surface area contributed by atoms with Crippen LogP contribution in [-0.2, 0) is 4.74 Å². The van der Waals surface area contributed by atoms with Gasteiger partial charge in [-0.15, -0.1) is 0 Å². The van der Waals surface area contributed by atoms with Crippen LogP contribution in [0, 0.1) is 0 Å². The van der Waals surface area contributed by atoms with Gasteiger partial charge >= 0.3 is 0 Å². The summed E-state index contributed by atoms with van der Waals surface area (Å²) in [6.45, 7) is 8.07. The third-order valence-corrected chi connectivity index (χ3v) is 3.44. The molecular weight excluding hydrogens is 238 g/mol. The Morgan fingerprint density at radius 3 is 2.58 bits per heavy atom. The van der Waals surface area contributed by atoms with E-state index in [9.17, 15) is 0 Å². The summed E-state index contributed by atoms with van der Waals surface area (Å²) in [5.74, 6) is 0. The van der Waals surface area contributed by atoms with E-state index in [0.717, 1.165) is 18.7 Å². The molecule has 0 saturated heterocycles. The Labute approximate surface area is 117 Å². The number of hydrogen-bond acceptors (Lipinski definition) is 4. The summed E-state index contributed by atoms with van der Waals surface area (Å²) >= 11 is 0. The van der Waals surface area contributed by atoms with Crippen molar-refractivity contribution in [1.82, 2.24) is 9.88 Å². The van der Waals surface area contributed by atoms with Crippen LogP contribution < -0.4 is 5.73 Å². The third kappa shape index (κ3) is 4.56. The highest BCUT2D eigenvalue weighted by atomic mass is 16.5. The van der Waals surface area contributed by atoms with E-state index in [2.05, 4.69) is 36.7 Å². The molecule has 4 heteroatoms. The van der Waals surface area contributed by atoms with Gasteiger partial charge in [-0.25, -0.2) is 0 Å². The number of rotatable bonds is 8. The third-order valence-electron chi connectivity index (χ3n) is 3.44. The molecule has 0 fully saturated rings. The molecule has 0 bridgehead atoms. The van der Waals surface area contributed by atoms with Gasteiger partial charge in [0.05, 0.1) is 18.3 Å². The molecule has 1 aromatic rings. The van der Waals surface area contributed by atoms with Crippen LogP contribution in [0.1, 0.15) is 38.9 Å². The molecule has 0 radical (unpaired) electrons. The number of methoxy groups -OCH3 is 1. The smallest absolute Gasteiger partial charge is 0.0676 e. The monoisotopic (exact) mass is 265 g/mol. The Morgan fingerprint density at radius 2 is 2.11 bits per heavy atom. The van der Waals surface area contributed by atoms with Crippen molar-refractivity contribution in [2.24, 2.45) is 5.73 Å². The second kappa shape index (κ2) is 8.25. The summed E-state index contributed by atoms with van der Waals surface area (Å²) in [6, 6.07) is 6.64. The van der Waals surface area contributed by atoms with Crippen molar-refractivity contribution in [2.75, 3.05) is 20.3 Å². The largest absolute Gasteiger partial charge is 0.383 e. The summed E-state index contributed by atoms with van der Waals surface area (Å²) in [5, 5.41) is 0. The first-order valence-electron chi connectivity index (χ1n) is 7.03. The normalized spacial score (nSPS) is 14.9. The van der Waals surface area contributed by atoms with Gasteiger partial charge in [-0.05, 0) is 32.4 Å². The fraction of sp³-hybridized carbons (Fsp3) is 0.667. The van der Waals surface area contributed by atoms with E-state index in [4.69, 9.17) is 10.5 Å². The van der Waals surface area contributed by atoms with E-state index in [1.807, 2.05) is 18.3 Å². The molecule has 0 aromatic carbocycles. The maximum absolute atomic E-state index is 6.34. The van der Waals surface area contributed by atoms with E-state index in [1.165, 1.54) is 0 Å². The predicted octanol–water partition coefficient (Wildman–Crippen LogP) is 2.22. The average Bonchev–Trinajstić information content (AvgIpc) is 2.43. The maximum Gasteiger partial charge on any atom is 0.0676 e. The van der Waals surface area contributed by atoms with Gasteiger partial charge in [0.15, 0.2) is 0 Å². The Balaban J connectivity index is 2.99. The molecule has 1 heterocycles. The van der Waals surface area contributed by atoms with Crippen molar-refractivity contribution in [3.8, 4) is 0 Å². The predicted molar refractivity (Wildman–Crippen MR) is 79.0 cm³/mol. The second-order valence-corrected chi connectivity index (χ2v) is 5.10. The van der Waals surface area contributed by atoms with E-state index in [1.54, 1.807) is 7.11 Å². The van der Waals surface area contributed by atoms with E-state index in [0.29, 0.717) is 12.6 Å². The van der Waals surface area contributed by atoms with Crippen LogP contribution in [0.15, 0.2) is 24.4 Å². The van der Waals surface area contributed by atoms with Crippen LogP contribution in [-0.4, -0.2) is 42.2 Å². The lowest BCUT2D eigenvalue weighted by molar-refractivity contribution is 0.0813. The molecule has 0 aliphatic rings. The van der Waals surface area contributed by atoms with Crippen molar-refractivity contribution in [3.63, 3.8) is 0 Å². The van der Waals surface area contributed by atoms with Gasteiger partial charge in [0.25, 0.3) is 0 Å². The number of nitrogens with zero attached hydrogens (tertiary/aromatic N) is 2. The van der Waals surface area contributed by atoms with Gasteiger partial charge < -0.3 is 10.5 Å². The van der Waals surface area contributed by atoms with E-state index in [-0.39, 0.29) is 12.1 Å². The van der Waals surface area contributed by atoms with Gasteiger partial charge in [0.2, 0.25) is 0 Å². The first-order chi connectivity index (χ1) is 9.11. The van der Waals surface area contributed by atoms with Gasteiger partial charge in [-0.3, -0.25) is 9.88 Å². The maximum atomic E-state index is 6.34. The highest BCUT2D eigenvalue weighted by molar-refractivity contribution is 5.12. The Hall–Kier alpha value is -0.970. The lowest BCUT2D eigenvalue weighted by Gasteiger charge is -2.37. The van der Waals surface area contributed by atoms with Crippen molar-refractivity contribution in [1.29, 1.82) is 0 Å². The Bertz CT molecular complexity index is 343. The van der Waals surface area contributed by atoms with Gasteiger partial charge in [0.1, 0.15) is 0 Å². The highest BCUT2D eigenvalue weighted by Crippen LogP contribution is 2.25.